The van der Waals surface area contributed by atoms with E-state index >= 15 is 0 Å². The summed E-state index contributed by atoms with van der Waals surface area (Å²) >= 11 is 0. The second-order valence-electron chi connectivity index (χ2n) is 21.6. The van der Waals surface area contributed by atoms with Gasteiger partial charge in [0.05, 0.1) is 0 Å². The minimum atomic E-state index is -0.828. The third-order valence-corrected chi connectivity index (χ3v) is 13.8. The molecule has 458 valence electrons. The van der Waals surface area contributed by atoms with Crippen LogP contribution in [0, 0.1) is 0 Å². The van der Waals surface area contributed by atoms with Crippen molar-refractivity contribution in [3.8, 4) is 0 Å². The molecule has 0 aromatic carbocycles. The summed E-state index contributed by atoms with van der Waals surface area (Å²) in [6, 6.07) is 0. The van der Waals surface area contributed by atoms with E-state index in [-0.39, 0.29) is 37.5 Å². The quantitative estimate of drug-likeness (QED) is 0.0261. The molecule has 0 fully saturated rings. The van der Waals surface area contributed by atoms with Gasteiger partial charge in [-0.2, -0.15) is 0 Å². The predicted molar refractivity (Wildman–Crippen MR) is 352 cm³/mol. The molecule has 0 bridgehead atoms. The molecule has 0 radical (unpaired) electrons. The van der Waals surface area contributed by atoms with E-state index in [9.17, 15) is 14.4 Å². The lowest BCUT2D eigenvalue weighted by molar-refractivity contribution is -0.167. The van der Waals surface area contributed by atoms with Gasteiger partial charge in [-0.15, -0.1) is 0 Å². The van der Waals surface area contributed by atoms with Gasteiger partial charge in [0.15, 0.2) is 6.10 Å². The number of carbonyl (C=O) groups excluding carboxylic acids is 3. The van der Waals surface area contributed by atoms with Crippen LogP contribution in [0.3, 0.4) is 0 Å². The second kappa shape index (κ2) is 67.8. The largest absolute Gasteiger partial charge is 0.462 e. The Kier molecular flexibility index (Phi) is 63.9. The Morgan fingerprint density at radius 1 is 0.259 bits per heavy atom. The second-order valence-corrected chi connectivity index (χ2v) is 21.6. The molecule has 81 heavy (non-hydrogen) atoms. The molecular formula is C75H122O6. The third kappa shape index (κ3) is 66.0. The molecule has 0 spiro atoms. The van der Waals surface area contributed by atoms with Crippen LogP contribution in [0.4, 0.5) is 0 Å². The van der Waals surface area contributed by atoms with Gasteiger partial charge in [0, 0.05) is 19.3 Å². The van der Waals surface area contributed by atoms with Crippen LogP contribution in [0.1, 0.15) is 290 Å². The first-order valence-corrected chi connectivity index (χ1v) is 33.3. The van der Waals surface area contributed by atoms with Crippen molar-refractivity contribution in [2.75, 3.05) is 13.2 Å². The Morgan fingerprint density at radius 3 is 0.802 bits per heavy atom. The van der Waals surface area contributed by atoms with Crippen LogP contribution in [0.5, 0.6) is 0 Å². The van der Waals surface area contributed by atoms with Crippen LogP contribution >= 0.6 is 0 Å². The minimum Gasteiger partial charge on any atom is -0.462 e. The summed E-state index contributed by atoms with van der Waals surface area (Å²) in [4.78, 5) is 38.3. The molecule has 0 saturated carbocycles. The SMILES string of the molecule is CC/C=C\C/C=C\C/C=C\C/C=C\C/C=C\C/C=C\C/C=C\CCCC(=O)OC(COC(=O)CCCCC/C=C\C/C=C\C/C=C\CC)COC(=O)CCCCCCCCCCCCCCCCC/C=C\C/C=C\CCCCCCC. The summed E-state index contributed by atoms with van der Waals surface area (Å²) < 4.78 is 16.9. The molecule has 1 unspecified atom stereocenters. The summed E-state index contributed by atoms with van der Waals surface area (Å²) in [5, 5.41) is 0. The van der Waals surface area contributed by atoms with E-state index in [4.69, 9.17) is 14.2 Å². The maximum absolute atomic E-state index is 12.9. The third-order valence-electron chi connectivity index (χ3n) is 13.8. The molecule has 0 saturated heterocycles. The smallest absolute Gasteiger partial charge is 0.306 e. The molecule has 6 nitrogen and oxygen atoms in total. The number of allylic oxidation sites excluding steroid dienone is 24. The zero-order chi connectivity index (χ0) is 58.5. The highest BCUT2D eigenvalue weighted by atomic mass is 16.6. The van der Waals surface area contributed by atoms with Crippen LogP contribution in [0.2, 0.25) is 0 Å². The summed E-state index contributed by atoms with van der Waals surface area (Å²) in [7, 11) is 0. The normalized spacial score (nSPS) is 13.1. The fraction of sp³-hybridized carbons (Fsp3) is 0.640. The minimum absolute atomic E-state index is 0.115. The maximum Gasteiger partial charge on any atom is 0.306 e. The van der Waals surface area contributed by atoms with Gasteiger partial charge in [-0.05, 0) is 135 Å². The summed E-state index contributed by atoms with van der Waals surface area (Å²) in [5.74, 6) is -1.00. The lowest BCUT2D eigenvalue weighted by atomic mass is 10.0. The molecule has 0 aliphatic rings. The standard InChI is InChI=1S/C75H122O6/c1-4-7-10-13-16-19-22-25-27-29-31-33-35-36-37-38-40-41-43-45-47-50-53-56-59-62-65-68-74(77)80-71-72(70-79-73(76)67-64-61-58-55-52-49-24-21-18-15-12-9-6-3)81-75(78)69-66-63-60-57-54-51-48-46-44-42-39-34-32-30-28-26-23-20-17-14-11-8-5-2/h8-9,11-12,17-18,20-22,25-26,28-29,31-32,34,42,44,48-49,51-52,57,60,72H,4-7,10,13-16,19,23-24,27,30,33,35-41,43,45-47,50,53-56,58-59,61-71H2,1-3H3/b11-8-,12-9-,20-17-,21-18-,25-22-,28-26-,31-29-,34-32-,44-42-,51-48-,52-49-,60-57-. The Morgan fingerprint density at radius 2 is 0.494 bits per heavy atom. The first kappa shape index (κ1) is 76.3. The van der Waals surface area contributed by atoms with Gasteiger partial charge in [0.25, 0.3) is 0 Å². The predicted octanol–water partition coefficient (Wildman–Crippen LogP) is 23.1. The Bertz CT molecular complexity index is 1760. The van der Waals surface area contributed by atoms with E-state index in [1.165, 1.54) is 122 Å². The van der Waals surface area contributed by atoms with Crippen molar-refractivity contribution in [2.45, 2.75) is 297 Å². The van der Waals surface area contributed by atoms with Crippen LogP contribution in [0.15, 0.2) is 146 Å². The summed E-state index contributed by atoms with van der Waals surface area (Å²) in [5.41, 5.74) is 0. The highest BCUT2D eigenvalue weighted by Crippen LogP contribution is 2.16. The molecular weight excluding hydrogens is 997 g/mol. The van der Waals surface area contributed by atoms with Crippen molar-refractivity contribution in [1.29, 1.82) is 0 Å². The van der Waals surface area contributed by atoms with Crippen molar-refractivity contribution in [3.05, 3.63) is 146 Å². The van der Waals surface area contributed by atoms with Crippen molar-refractivity contribution in [2.24, 2.45) is 0 Å². The highest BCUT2D eigenvalue weighted by Gasteiger charge is 2.19. The Labute approximate surface area is 499 Å². The monoisotopic (exact) mass is 1120 g/mol. The lowest BCUT2D eigenvalue weighted by Crippen LogP contribution is -2.30. The maximum atomic E-state index is 12.9. The average Bonchev–Trinajstić information content (AvgIpc) is 3.46. The van der Waals surface area contributed by atoms with Gasteiger partial charge >= 0.3 is 17.9 Å². The molecule has 0 amide bonds. The van der Waals surface area contributed by atoms with E-state index in [0.717, 1.165) is 122 Å². The van der Waals surface area contributed by atoms with Crippen molar-refractivity contribution in [1.82, 2.24) is 0 Å². The van der Waals surface area contributed by atoms with Gasteiger partial charge in [0.1, 0.15) is 13.2 Å². The molecule has 0 rings (SSSR count). The van der Waals surface area contributed by atoms with Crippen LogP contribution in [-0.4, -0.2) is 37.2 Å². The first-order valence-electron chi connectivity index (χ1n) is 33.3. The Balaban J connectivity index is 4.41. The molecule has 0 aromatic heterocycles. The number of ether oxygens (including phenoxy) is 3. The van der Waals surface area contributed by atoms with E-state index in [2.05, 4.69) is 167 Å². The topological polar surface area (TPSA) is 78.9 Å². The van der Waals surface area contributed by atoms with Gasteiger partial charge in [-0.3, -0.25) is 14.4 Å². The van der Waals surface area contributed by atoms with Gasteiger partial charge in [-0.25, -0.2) is 0 Å². The Hall–Kier alpha value is -4.71. The van der Waals surface area contributed by atoms with Gasteiger partial charge < -0.3 is 14.2 Å². The first-order chi connectivity index (χ1) is 40.0. The number of carbonyl (C=O) groups is 3. The summed E-state index contributed by atoms with van der Waals surface area (Å²) in [6.45, 7) is 6.34. The highest BCUT2D eigenvalue weighted by molar-refractivity contribution is 5.71. The van der Waals surface area contributed by atoms with Crippen LogP contribution in [-0.2, 0) is 28.6 Å². The lowest BCUT2D eigenvalue weighted by Gasteiger charge is -2.18. The molecule has 6 heteroatoms. The molecule has 0 aliphatic heterocycles. The number of hydrogen-bond acceptors (Lipinski definition) is 6. The van der Waals surface area contributed by atoms with E-state index in [1.54, 1.807) is 0 Å². The van der Waals surface area contributed by atoms with E-state index in [1.807, 2.05) is 0 Å². The molecule has 0 aromatic rings. The zero-order valence-electron chi connectivity index (χ0n) is 52.5. The summed E-state index contributed by atoms with van der Waals surface area (Å²) in [6.07, 6.45) is 97.3. The van der Waals surface area contributed by atoms with E-state index < -0.39 is 6.10 Å². The fourth-order valence-electron chi connectivity index (χ4n) is 8.89. The molecule has 1 atom stereocenters. The van der Waals surface area contributed by atoms with E-state index in [0.29, 0.717) is 19.3 Å². The average molecular weight is 1120 g/mol. The molecule has 0 aliphatic carbocycles. The molecule has 0 heterocycles. The number of rotatable bonds is 59. The van der Waals surface area contributed by atoms with Crippen LogP contribution in [0.25, 0.3) is 0 Å². The fourth-order valence-corrected chi connectivity index (χ4v) is 8.89. The number of unbranched alkanes of at least 4 members (excludes halogenated alkanes) is 24. The number of hydrogen-bond donors (Lipinski definition) is 0. The van der Waals surface area contributed by atoms with Crippen molar-refractivity contribution >= 4 is 17.9 Å². The number of esters is 3. The van der Waals surface area contributed by atoms with Crippen LogP contribution < -0.4 is 0 Å². The zero-order valence-corrected chi connectivity index (χ0v) is 52.5. The van der Waals surface area contributed by atoms with Crippen molar-refractivity contribution < 1.29 is 28.6 Å². The van der Waals surface area contributed by atoms with Gasteiger partial charge in [-0.1, -0.05) is 282 Å². The molecule has 0 N–H and O–H groups in total. The van der Waals surface area contributed by atoms with Gasteiger partial charge in [0.2, 0.25) is 0 Å². The van der Waals surface area contributed by atoms with Crippen molar-refractivity contribution in [3.63, 3.8) is 0 Å².